The number of hydrogen-bond donors (Lipinski definition) is 2. The van der Waals surface area contributed by atoms with Crippen molar-refractivity contribution in [1.82, 2.24) is 19.9 Å². The van der Waals surface area contributed by atoms with Crippen molar-refractivity contribution in [3.05, 3.63) is 65.5 Å². The average Bonchev–Trinajstić information content (AvgIpc) is 3.22. The molecule has 0 unspecified atom stereocenters. The van der Waals surface area contributed by atoms with Gasteiger partial charge in [-0.1, -0.05) is 42.5 Å². The van der Waals surface area contributed by atoms with Crippen LogP contribution < -0.4 is 11.1 Å². The zero-order valence-corrected chi connectivity index (χ0v) is 19.7. The lowest BCUT2D eigenvalue weighted by atomic mass is 10.1. The molecule has 4 rings (SSSR count). The Kier molecular flexibility index (Phi) is 7.72. The highest BCUT2D eigenvalue weighted by Crippen LogP contribution is 2.29. The van der Waals surface area contributed by atoms with Gasteiger partial charge in [0.05, 0.1) is 31.2 Å². The zero-order valence-electron chi connectivity index (χ0n) is 19.7. The van der Waals surface area contributed by atoms with Gasteiger partial charge in [0.2, 0.25) is 0 Å². The molecule has 2 aromatic heterocycles. The van der Waals surface area contributed by atoms with Crippen LogP contribution >= 0.6 is 0 Å². The molecule has 0 atom stereocenters. The summed E-state index contributed by atoms with van der Waals surface area (Å²) in [5.74, 6) is 1.18. The highest BCUT2D eigenvalue weighted by Gasteiger charge is 2.17. The molecule has 0 aliphatic rings. The van der Waals surface area contributed by atoms with Gasteiger partial charge in [-0.25, -0.2) is 9.97 Å². The van der Waals surface area contributed by atoms with E-state index in [1.807, 2.05) is 36.4 Å². The smallest absolute Gasteiger partial charge is 0.309 e. The molecule has 0 amide bonds. The van der Waals surface area contributed by atoms with Gasteiger partial charge in [0.15, 0.2) is 5.82 Å². The minimum absolute atomic E-state index is 0.231. The van der Waals surface area contributed by atoms with E-state index in [4.69, 9.17) is 20.2 Å². The Morgan fingerprint density at radius 1 is 1.09 bits per heavy atom. The van der Waals surface area contributed by atoms with Crippen molar-refractivity contribution in [3.8, 4) is 0 Å². The number of para-hydroxylation sites is 1. The Bertz CT molecular complexity index is 1280. The van der Waals surface area contributed by atoms with Crippen LogP contribution in [0.2, 0.25) is 0 Å². The maximum absolute atomic E-state index is 11.5. The number of rotatable bonds is 11. The molecule has 0 aliphatic heterocycles. The molecule has 34 heavy (non-hydrogen) atoms. The first-order valence-electron chi connectivity index (χ1n) is 11.5. The normalized spacial score (nSPS) is 11.4. The van der Waals surface area contributed by atoms with E-state index in [1.165, 1.54) is 7.11 Å². The van der Waals surface area contributed by atoms with E-state index in [2.05, 4.69) is 27.0 Å². The standard InChI is InChI=1S/C26H31N5O3/c1-33-14-11-22-30-24-25(20-9-3-4-10-21(20)29-26(24)27)31(22)13-6-12-28-17-19-8-5-7-18(15-19)16-23(32)34-2/h3-5,7-10,15,28H,6,11-14,16-17H2,1-2H3,(H2,27,29). The number of nitrogens with two attached hydrogens (primary N) is 1. The topological polar surface area (TPSA) is 104 Å². The number of nitrogen functional groups attached to an aromatic ring is 1. The first kappa shape index (κ1) is 23.7. The Morgan fingerprint density at radius 3 is 2.74 bits per heavy atom. The minimum Gasteiger partial charge on any atom is -0.469 e. The first-order valence-corrected chi connectivity index (χ1v) is 11.5. The Hall–Kier alpha value is -3.49. The van der Waals surface area contributed by atoms with Crippen molar-refractivity contribution in [2.45, 2.75) is 32.4 Å². The van der Waals surface area contributed by atoms with Crippen LogP contribution in [0.25, 0.3) is 21.9 Å². The number of esters is 1. The lowest BCUT2D eigenvalue weighted by molar-refractivity contribution is -0.139. The minimum atomic E-state index is -0.231. The lowest BCUT2D eigenvalue weighted by Gasteiger charge is -2.12. The van der Waals surface area contributed by atoms with Gasteiger partial charge in [0.25, 0.3) is 0 Å². The molecular formula is C26H31N5O3. The fourth-order valence-corrected chi connectivity index (χ4v) is 4.21. The van der Waals surface area contributed by atoms with Crippen LogP contribution in [0.4, 0.5) is 5.82 Å². The number of hydrogen-bond acceptors (Lipinski definition) is 7. The predicted molar refractivity (Wildman–Crippen MR) is 134 cm³/mol. The van der Waals surface area contributed by atoms with Crippen molar-refractivity contribution in [1.29, 1.82) is 0 Å². The second-order valence-electron chi connectivity index (χ2n) is 8.24. The summed E-state index contributed by atoms with van der Waals surface area (Å²) in [6.45, 7) is 2.96. The summed E-state index contributed by atoms with van der Waals surface area (Å²) in [4.78, 5) is 20.9. The highest BCUT2D eigenvalue weighted by atomic mass is 16.5. The fraction of sp³-hybridized carbons (Fsp3) is 0.346. The van der Waals surface area contributed by atoms with Crippen LogP contribution in [-0.2, 0) is 40.2 Å². The summed E-state index contributed by atoms with van der Waals surface area (Å²) in [5.41, 5.74) is 11.0. The van der Waals surface area contributed by atoms with Crippen LogP contribution in [0.3, 0.4) is 0 Å². The van der Waals surface area contributed by atoms with Crippen molar-refractivity contribution in [2.24, 2.45) is 0 Å². The van der Waals surface area contributed by atoms with Gasteiger partial charge in [0.1, 0.15) is 11.3 Å². The van der Waals surface area contributed by atoms with Gasteiger partial charge < -0.3 is 25.1 Å². The van der Waals surface area contributed by atoms with Crippen LogP contribution in [0.5, 0.6) is 0 Å². The van der Waals surface area contributed by atoms with E-state index >= 15 is 0 Å². The maximum atomic E-state index is 11.5. The molecule has 178 valence electrons. The number of ether oxygens (including phenoxy) is 2. The van der Waals surface area contributed by atoms with Gasteiger partial charge in [-0.2, -0.15) is 0 Å². The molecular weight excluding hydrogens is 430 g/mol. The zero-order chi connectivity index (χ0) is 23.9. The summed E-state index contributed by atoms with van der Waals surface area (Å²) in [5, 5.41) is 4.56. The monoisotopic (exact) mass is 461 g/mol. The second kappa shape index (κ2) is 11.1. The lowest BCUT2D eigenvalue weighted by Crippen LogP contribution is -2.17. The number of anilines is 1. The number of carbonyl (C=O) groups is 1. The number of aromatic nitrogens is 3. The molecule has 3 N–H and O–H groups in total. The van der Waals surface area contributed by atoms with E-state index in [1.54, 1.807) is 7.11 Å². The number of aryl methyl sites for hydroxylation is 1. The van der Waals surface area contributed by atoms with Gasteiger partial charge in [-0.15, -0.1) is 0 Å². The summed E-state index contributed by atoms with van der Waals surface area (Å²) in [6.07, 6.45) is 1.91. The average molecular weight is 462 g/mol. The Labute approximate surface area is 199 Å². The van der Waals surface area contributed by atoms with Crippen LogP contribution in [0.15, 0.2) is 48.5 Å². The third-order valence-electron chi connectivity index (χ3n) is 5.85. The van der Waals surface area contributed by atoms with E-state index in [9.17, 15) is 4.79 Å². The molecule has 4 aromatic rings. The third kappa shape index (κ3) is 5.35. The van der Waals surface area contributed by atoms with Crippen molar-refractivity contribution in [3.63, 3.8) is 0 Å². The molecule has 8 heteroatoms. The van der Waals surface area contributed by atoms with E-state index in [0.29, 0.717) is 18.8 Å². The molecule has 0 aliphatic carbocycles. The number of benzene rings is 2. The molecule has 0 bridgehead atoms. The number of carbonyl (C=O) groups excluding carboxylic acids is 1. The van der Waals surface area contributed by atoms with E-state index < -0.39 is 0 Å². The summed E-state index contributed by atoms with van der Waals surface area (Å²) in [6, 6.07) is 16.0. The number of nitrogens with zero attached hydrogens (tertiary/aromatic N) is 3. The molecule has 2 heterocycles. The second-order valence-corrected chi connectivity index (χ2v) is 8.24. The molecule has 0 saturated heterocycles. The number of pyridine rings is 1. The molecule has 0 radical (unpaired) electrons. The van der Waals surface area contributed by atoms with Crippen molar-refractivity contribution >= 4 is 33.7 Å². The van der Waals surface area contributed by atoms with Crippen molar-refractivity contribution in [2.75, 3.05) is 33.1 Å². The number of nitrogens with one attached hydrogen (secondary N) is 1. The molecule has 0 spiro atoms. The van der Waals surface area contributed by atoms with E-state index in [0.717, 1.165) is 64.9 Å². The Morgan fingerprint density at radius 2 is 1.91 bits per heavy atom. The quantitative estimate of drug-likeness (QED) is 0.261. The summed E-state index contributed by atoms with van der Waals surface area (Å²) >= 11 is 0. The molecule has 2 aromatic carbocycles. The van der Waals surface area contributed by atoms with Gasteiger partial charge in [-0.05, 0) is 30.2 Å². The predicted octanol–water partition coefficient (Wildman–Crippen LogP) is 3.25. The third-order valence-corrected chi connectivity index (χ3v) is 5.85. The van der Waals surface area contributed by atoms with Gasteiger partial charge >= 0.3 is 5.97 Å². The fourth-order valence-electron chi connectivity index (χ4n) is 4.21. The molecule has 8 nitrogen and oxygen atoms in total. The molecule has 0 saturated carbocycles. The number of imidazole rings is 1. The van der Waals surface area contributed by atoms with Crippen molar-refractivity contribution < 1.29 is 14.3 Å². The first-order chi connectivity index (χ1) is 16.6. The van der Waals surface area contributed by atoms with Crippen LogP contribution in [0.1, 0.15) is 23.4 Å². The summed E-state index contributed by atoms with van der Waals surface area (Å²) in [7, 11) is 3.11. The number of methoxy groups -OCH3 is 2. The molecule has 0 fully saturated rings. The van der Waals surface area contributed by atoms with Crippen LogP contribution in [-0.4, -0.2) is 47.9 Å². The van der Waals surface area contributed by atoms with Gasteiger partial charge in [0, 0.05) is 32.0 Å². The van der Waals surface area contributed by atoms with E-state index in [-0.39, 0.29) is 12.4 Å². The SMILES string of the molecule is COCCc1nc2c(N)nc3ccccc3c2n1CCCNCc1cccc(CC(=O)OC)c1. The highest BCUT2D eigenvalue weighted by molar-refractivity contribution is 6.06. The number of fused-ring (bicyclic) bond motifs is 3. The largest absolute Gasteiger partial charge is 0.469 e. The van der Waals surface area contributed by atoms with Crippen LogP contribution in [0, 0.1) is 0 Å². The van der Waals surface area contributed by atoms with Gasteiger partial charge in [-0.3, -0.25) is 4.79 Å². The maximum Gasteiger partial charge on any atom is 0.309 e. The Balaban J connectivity index is 1.46. The summed E-state index contributed by atoms with van der Waals surface area (Å²) < 4.78 is 12.3.